The average Bonchev–Trinajstić information content (AvgIpc) is 2.94. The van der Waals surface area contributed by atoms with Crippen LogP contribution in [0.15, 0.2) is 97.6 Å². The Morgan fingerprint density at radius 1 is 0.459 bits per heavy atom. The summed E-state index contributed by atoms with van der Waals surface area (Å²) in [6.45, 7) is 1.89. The van der Waals surface area contributed by atoms with Gasteiger partial charge in [-0.15, -0.1) is 0 Å². The van der Waals surface area contributed by atoms with Gasteiger partial charge in [0.1, 0.15) is 0 Å². The lowest BCUT2D eigenvalue weighted by Crippen LogP contribution is -2.29. The molecule has 0 unspecified atom stereocenters. The summed E-state index contributed by atoms with van der Waals surface area (Å²) in [5.74, 6) is 0.996. The Morgan fingerprint density at radius 2 is 0.784 bits per heavy atom. The van der Waals surface area contributed by atoms with Crippen LogP contribution in [0.1, 0.15) is 22.8 Å². The maximum atomic E-state index is 6.23. The normalized spacial score (nSPS) is 10.7. The second kappa shape index (κ2) is 11.6. The summed E-state index contributed by atoms with van der Waals surface area (Å²) in [4.78, 5) is 35.8. The Hall–Kier alpha value is -4.99. The molecule has 184 valence electrons. The Balaban J connectivity index is 1.51. The first kappa shape index (κ1) is 23.7. The van der Waals surface area contributed by atoms with Crippen molar-refractivity contribution < 1.29 is 0 Å². The first-order valence-corrected chi connectivity index (χ1v) is 11.8. The van der Waals surface area contributed by atoms with Crippen LogP contribution in [-0.2, 0) is 26.2 Å². The summed E-state index contributed by atoms with van der Waals surface area (Å²) in [6, 6.07) is 23.2. The number of hydrogen-bond acceptors (Lipinski definition) is 10. The van der Waals surface area contributed by atoms with Crippen molar-refractivity contribution in [2.24, 2.45) is 0 Å². The molecule has 0 aliphatic heterocycles. The topological polar surface area (TPSA) is 123 Å². The highest BCUT2D eigenvalue weighted by Gasteiger charge is 2.19. The number of aromatic nitrogens is 7. The largest absolute Gasteiger partial charge is 0.368 e. The van der Waals surface area contributed by atoms with Gasteiger partial charge in [0, 0.05) is 24.8 Å². The third kappa shape index (κ3) is 6.57. The van der Waals surface area contributed by atoms with Crippen molar-refractivity contribution in [3.8, 4) is 0 Å². The molecular weight excluding hydrogens is 464 g/mol. The van der Waals surface area contributed by atoms with Crippen molar-refractivity contribution in [3.05, 3.63) is 120 Å². The molecule has 0 bridgehead atoms. The van der Waals surface area contributed by atoms with Crippen LogP contribution in [0.5, 0.6) is 0 Å². The average molecular weight is 491 g/mol. The molecule has 5 aromatic heterocycles. The molecule has 0 aliphatic rings. The van der Waals surface area contributed by atoms with Gasteiger partial charge in [-0.3, -0.25) is 19.9 Å². The van der Waals surface area contributed by atoms with E-state index in [1.165, 1.54) is 0 Å². The quantitative estimate of drug-likeness (QED) is 0.311. The minimum atomic E-state index is 0.124. The number of nitrogens with zero attached hydrogens (tertiary/aromatic N) is 9. The minimum absolute atomic E-state index is 0.124. The Morgan fingerprint density at radius 3 is 1.05 bits per heavy atom. The van der Waals surface area contributed by atoms with Crippen LogP contribution < -0.4 is 15.5 Å². The second-order valence-corrected chi connectivity index (χ2v) is 8.29. The fourth-order valence-corrected chi connectivity index (χ4v) is 3.80. The zero-order chi connectivity index (χ0) is 25.3. The van der Waals surface area contributed by atoms with E-state index in [0.29, 0.717) is 38.1 Å². The van der Waals surface area contributed by atoms with Gasteiger partial charge < -0.3 is 15.5 Å². The van der Waals surface area contributed by atoms with E-state index < -0.39 is 0 Å². The first-order chi connectivity index (χ1) is 18.2. The van der Waals surface area contributed by atoms with Crippen molar-refractivity contribution in [3.63, 3.8) is 0 Å². The molecule has 10 heteroatoms. The molecule has 0 aromatic carbocycles. The molecule has 10 nitrogen and oxygen atoms in total. The number of nitrogen functional groups attached to an aromatic ring is 1. The summed E-state index contributed by atoms with van der Waals surface area (Å²) in [5.41, 5.74) is 9.72. The standard InChI is InChI=1S/C27H26N10/c28-25-33-26(36(17-21-9-1-5-13-29-21)18-22-10-2-6-14-30-22)35-27(34-25)37(19-23-11-3-7-15-31-23)20-24-12-4-8-16-32-24/h1-16H,17-20H2,(H2,28,33,34,35). The van der Waals surface area contributed by atoms with E-state index in [0.717, 1.165) is 22.8 Å². The Kier molecular flexibility index (Phi) is 7.46. The second-order valence-electron chi connectivity index (χ2n) is 8.29. The predicted octanol–water partition coefficient (Wildman–Crippen LogP) is 3.45. The molecule has 5 aromatic rings. The van der Waals surface area contributed by atoms with Crippen molar-refractivity contribution >= 4 is 17.8 Å². The highest BCUT2D eigenvalue weighted by atomic mass is 15.4. The zero-order valence-corrected chi connectivity index (χ0v) is 20.2. The van der Waals surface area contributed by atoms with Crippen LogP contribution >= 0.6 is 0 Å². The van der Waals surface area contributed by atoms with Crippen molar-refractivity contribution in [1.82, 2.24) is 34.9 Å². The Bertz CT molecular complexity index is 1200. The highest BCUT2D eigenvalue weighted by molar-refractivity contribution is 5.45. The monoisotopic (exact) mass is 490 g/mol. The molecule has 0 amide bonds. The zero-order valence-electron chi connectivity index (χ0n) is 20.2. The van der Waals surface area contributed by atoms with Gasteiger partial charge in [-0.25, -0.2) is 0 Å². The van der Waals surface area contributed by atoms with Crippen LogP contribution in [0.4, 0.5) is 17.8 Å². The molecule has 0 aliphatic carbocycles. The van der Waals surface area contributed by atoms with E-state index in [1.54, 1.807) is 24.8 Å². The predicted molar refractivity (Wildman–Crippen MR) is 141 cm³/mol. The van der Waals surface area contributed by atoms with Crippen LogP contribution in [-0.4, -0.2) is 34.9 Å². The molecule has 0 radical (unpaired) electrons. The molecule has 0 spiro atoms. The smallest absolute Gasteiger partial charge is 0.232 e. The van der Waals surface area contributed by atoms with Crippen molar-refractivity contribution in [2.45, 2.75) is 26.2 Å². The lowest BCUT2D eigenvalue weighted by molar-refractivity contribution is 0.705. The number of pyridine rings is 4. The fraction of sp³-hybridized carbons (Fsp3) is 0.148. The molecule has 0 fully saturated rings. The lowest BCUT2D eigenvalue weighted by Gasteiger charge is -2.26. The number of rotatable bonds is 10. The molecule has 0 atom stereocenters. The van der Waals surface area contributed by atoms with Crippen LogP contribution in [0.3, 0.4) is 0 Å². The van der Waals surface area contributed by atoms with Crippen LogP contribution in [0.2, 0.25) is 0 Å². The first-order valence-electron chi connectivity index (χ1n) is 11.8. The van der Waals surface area contributed by atoms with E-state index in [1.807, 2.05) is 82.6 Å². The van der Waals surface area contributed by atoms with Gasteiger partial charge in [-0.1, -0.05) is 24.3 Å². The summed E-state index contributed by atoms with van der Waals surface area (Å²) >= 11 is 0. The van der Waals surface area contributed by atoms with Gasteiger partial charge in [-0.05, 0) is 48.5 Å². The van der Waals surface area contributed by atoms with Crippen LogP contribution in [0, 0.1) is 0 Å². The highest BCUT2D eigenvalue weighted by Crippen LogP contribution is 2.21. The maximum Gasteiger partial charge on any atom is 0.232 e. The van der Waals surface area contributed by atoms with E-state index in [-0.39, 0.29) is 5.95 Å². The van der Waals surface area contributed by atoms with Gasteiger partial charge >= 0.3 is 0 Å². The van der Waals surface area contributed by atoms with Gasteiger partial charge in [0.15, 0.2) is 0 Å². The molecule has 0 saturated carbocycles. The van der Waals surface area contributed by atoms with Gasteiger partial charge in [0.2, 0.25) is 17.8 Å². The van der Waals surface area contributed by atoms with Crippen LogP contribution in [0.25, 0.3) is 0 Å². The molecule has 5 rings (SSSR count). The molecular formula is C27H26N10. The number of hydrogen-bond donors (Lipinski definition) is 1. The summed E-state index contributed by atoms with van der Waals surface area (Å²) in [6.07, 6.45) is 7.07. The molecule has 2 N–H and O–H groups in total. The maximum absolute atomic E-state index is 6.23. The molecule has 0 saturated heterocycles. The van der Waals surface area contributed by atoms with Gasteiger partial charge in [-0.2, -0.15) is 15.0 Å². The molecule has 37 heavy (non-hydrogen) atoms. The minimum Gasteiger partial charge on any atom is -0.368 e. The molecule has 5 heterocycles. The summed E-state index contributed by atoms with van der Waals surface area (Å²) in [5, 5.41) is 0. The summed E-state index contributed by atoms with van der Waals surface area (Å²) < 4.78 is 0. The lowest BCUT2D eigenvalue weighted by atomic mass is 10.3. The SMILES string of the molecule is Nc1nc(N(Cc2ccccn2)Cc2ccccn2)nc(N(Cc2ccccn2)Cc2ccccn2)n1. The third-order valence-corrected chi connectivity index (χ3v) is 5.51. The van der Waals surface area contributed by atoms with E-state index in [9.17, 15) is 0 Å². The van der Waals surface area contributed by atoms with Gasteiger partial charge in [0.05, 0.1) is 49.0 Å². The van der Waals surface area contributed by atoms with Gasteiger partial charge in [0.25, 0.3) is 0 Å². The number of nitrogens with two attached hydrogens (primary N) is 1. The van der Waals surface area contributed by atoms with Crippen molar-refractivity contribution in [1.29, 1.82) is 0 Å². The van der Waals surface area contributed by atoms with E-state index in [2.05, 4.69) is 29.9 Å². The third-order valence-electron chi connectivity index (χ3n) is 5.51. The van der Waals surface area contributed by atoms with E-state index >= 15 is 0 Å². The van der Waals surface area contributed by atoms with Crippen molar-refractivity contribution in [2.75, 3.05) is 15.5 Å². The number of anilines is 3. The Labute approximate surface area is 215 Å². The van der Waals surface area contributed by atoms with E-state index in [4.69, 9.17) is 10.7 Å². The summed E-state index contributed by atoms with van der Waals surface area (Å²) in [7, 11) is 0. The fourth-order valence-electron chi connectivity index (χ4n) is 3.80.